The van der Waals surface area contributed by atoms with Crippen LogP contribution in [0.1, 0.15) is 25.1 Å². The lowest BCUT2D eigenvalue weighted by molar-refractivity contribution is 0.635. The summed E-state index contributed by atoms with van der Waals surface area (Å²) in [7, 11) is 0. The quantitative estimate of drug-likeness (QED) is 0.394. The zero-order valence-electron chi connectivity index (χ0n) is 17.0. The molecular formula is C23H18ClFN6O. The fraction of sp³-hybridized carbons (Fsp3) is 0.130. The fourth-order valence-electron chi connectivity index (χ4n) is 3.87. The number of fused-ring (bicyclic) bond motifs is 2. The maximum absolute atomic E-state index is 14.6. The van der Waals surface area contributed by atoms with Gasteiger partial charge in [0.15, 0.2) is 11.5 Å². The molecule has 0 aliphatic rings. The van der Waals surface area contributed by atoms with E-state index in [0.717, 1.165) is 0 Å². The van der Waals surface area contributed by atoms with Gasteiger partial charge < -0.3 is 10.3 Å². The van der Waals surface area contributed by atoms with E-state index in [2.05, 4.69) is 25.3 Å². The van der Waals surface area contributed by atoms with Crippen LogP contribution in [0.25, 0.3) is 27.6 Å². The van der Waals surface area contributed by atoms with Crippen molar-refractivity contribution in [1.82, 2.24) is 24.5 Å². The molecular weight excluding hydrogens is 431 g/mol. The number of H-pyrrole nitrogens is 1. The number of benzene rings is 2. The van der Waals surface area contributed by atoms with E-state index in [1.807, 2.05) is 13.0 Å². The molecule has 0 bridgehead atoms. The van der Waals surface area contributed by atoms with Gasteiger partial charge in [-0.3, -0.25) is 9.36 Å². The van der Waals surface area contributed by atoms with Crippen LogP contribution in [0.15, 0.2) is 66.0 Å². The number of nitrogens with zero attached hydrogens (tertiary/aromatic N) is 4. The van der Waals surface area contributed by atoms with E-state index >= 15 is 0 Å². The summed E-state index contributed by atoms with van der Waals surface area (Å²) in [5, 5.41) is 4.50. The summed E-state index contributed by atoms with van der Waals surface area (Å²) < 4.78 is 16.1. The van der Waals surface area contributed by atoms with E-state index in [-0.39, 0.29) is 11.4 Å². The van der Waals surface area contributed by atoms with Gasteiger partial charge in [0.2, 0.25) is 0 Å². The summed E-state index contributed by atoms with van der Waals surface area (Å²) in [6.45, 7) is 1.99. The van der Waals surface area contributed by atoms with Crippen LogP contribution in [0.3, 0.4) is 0 Å². The van der Waals surface area contributed by atoms with Gasteiger partial charge in [-0.1, -0.05) is 30.7 Å². The molecule has 9 heteroatoms. The number of aromatic amines is 1. The van der Waals surface area contributed by atoms with Crippen molar-refractivity contribution < 1.29 is 4.39 Å². The normalized spacial score (nSPS) is 12.3. The number of halogens is 2. The highest BCUT2D eigenvalue weighted by atomic mass is 35.5. The first-order chi connectivity index (χ1) is 15.6. The number of pyridine rings is 1. The first-order valence-corrected chi connectivity index (χ1v) is 10.5. The first kappa shape index (κ1) is 20.1. The summed E-state index contributed by atoms with van der Waals surface area (Å²) in [5.74, 6) is -0.0191. The Hall–Kier alpha value is -3.78. The maximum Gasteiger partial charge on any atom is 0.266 e. The van der Waals surface area contributed by atoms with E-state index in [4.69, 9.17) is 11.6 Å². The van der Waals surface area contributed by atoms with Crippen molar-refractivity contribution in [3.8, 4) is 5.69 Å². The van der Waals surface area contributed by atoms with Crippen LogP contribution in [0, 0.1) is 5.82 Å². The molecule has 0 spiro atoms. The number of aromatic nitrogens is 5. The Balaban J connectivity index is 1.74. The predicted molar refractivity (Wildman–Crippen MR) is 123 cm³/mol. The van der Waals surface area contributed by atoms with E-state index < -0.39 is 11.4 Å². The van der Waals surface area contributed by atoms with Gasteiger partial charge in [-0.25, -0.2) is 19.3 Å². The lowest BCUT2D eigenvalue weighted by Gasteiger charge is -2.23. The molecule has 2 aromatic carbocycles. The molecule has 32 heavy (non-hydrogen) atoms. The summed E-state index contributed by atoms with van der Waals surface area (Å²) in [5.41, 5.74) is 2.02. The number of anilines is 1. The van der Waals surface area contributed by atoms with Crippen molar-refractivity contribution in [2.45, 2.75) is 19.4 Å². The Labute approximate surface area is 186 Å². The Morgan fingerprint density at radius 1 is 1.16 bits per heavy atom. The predicted octanol–water partition coefficient (Wildman–Crippen LogP) is 5.01. The molecule has 0 fully saturated rings. The van der Waals surface area contributed by atoms with Crippen molar-refractivity contribution in [3.63, 3.8) is 0 Å². The van der Waals surface area contributed by atoms with Gasteiger partial charge >= 0.3 is 0 Å². The molecule has 0 aliphatic heterocycles. The van der Waals surface area contributed by atoms with E-state index in [9.17, 15) is 9.18 Å². The molecule has 5 aromatic rings. The molecule has 0 amide bonds. The van der Waals surface area contributed by atoms with Gasteiger partial charge in [-0.15, -0.1) is 0 Å². The summed E-state index contributed by atoms with van der Waals surface area (Å²) in [6.07, 6.45) is 3.62. The van der Waals surface area contributed by atoms with Gasteiger partial charge in [0.25, 0.3) is 5.56 Å². The number of rotatable bonds is 5. The molecule has 1 unspecified atom stereocenters. The lowest BCUT2D eigenvalue weighted by atomic mass is 10.0. The molecule has 160 valence electrons. The van der Waals surface area contributed by atoms with Gasteiger partial charge in [0, 0.05) is 16.4 Å². The third-order valence-electron chi connectivity index (χ3n) is 5.40. The molecule has 0 radical (unpaired) electrons. The average molecular weight is 449 g/mol. The summed E-state index contributed by atoms with van der Waals surface area (Å²) in [6, 6.07) is 13.0. The second kappa shape index (κ2) is 8.05. The molecule has 0 saturated carbocycles. The Morgan fingerprint density at radius 3 is 2.75 bits per heavy atom. The zero-order valence-corrected chi connectivity index (χ0v) is 17.8. The minimum absolute atomic E-state index is 0.0396. The monoisotopic (exact) mass is 448 g/mol. The highest BCUT2D eigenvalue weighted by Gasteiger charge is 2.21. The fourth-order valence-corrected chi connectivity index (χ4v) is 4.00. The van der Waals surface area contributed by atoms with Gasteiger partial charge in [0.1, 0.15) is 17.7 Å². The van der Waals surface area contributed by atoms with Crippen molar-refractivity contribution >= 4 is 39.4 Å². The molecule has 2 N–H and O–H groups in total. The maximum atomic E-state index is 14.6. The van der Waals surface area contributed by atoms with Crippen LogP contribution in [-0.2, 0) is 0 Å². The minimum Gasteiger partial charge on any atom is -0.360 e. The van der Waals surface area contributed by atoms with Crippen LogP contribution in [0.2, 0.25) is 5.02 Å². The van der Waals surface area contributed by atoms with Gasteiger partial charge in [0.05, 0.1) is 17.8 Å². The Bertz CT molecular complexity index is 1490. The van der Waals surface area contributed by atoms with Crippen LogP contribution in [-0.4, -0.2) is 24.5 Å². The average Bonchev–Trinajstić information content (AvgIpc) is 3.28. The molecule has 3 heterocycles. The van der Waals surface area contributed by atoms with Gasteiger partial charge in [-0.05, 0) is 48.2 Å². The molecule has 3 aromatic heterocycles. The van der Waals surface area contributed by atoms with Crippen molar-refractivity contribution in [1.29, 1.82) is 0 Å². The Kier molecular flexibility index (Phi) is 5.07. The molecule has 5 rings (SSSR count). The van der Waals surface area contributed by atoms with Gasteiger partial charge in [-0.2, -0.15) is 0 Å². The van der Waals surface area contributed by atoms with Crippen molar-refractivity contribution in [3.05, 3.63) is 88.1 Å². The second-order valence-corrected chi connectivity index (χ2v) is 7.75. The summed E-state index contributed by atoms with van der Waals surface area (Å²) >= 11 is 6.06. The third-order valence-corrected chi connectivity index (χ3v) is 5.65. The van der Waals surface area contributed by atoms with Crippen LogP contribution >= 0.6 is 11.6 Å². The summed E-state index contributed by atoms with van der Waals surface area (Å²) in [4.78, 5) is 29.3. The van der Waals surface area contributed by atoms with Crippen molar-refractivity contribution in [2.24, 2.45) is 0 Å². The highest BCUT2D eigenvalue weighted by Crippen LogP contribution is 2.28. The largest absolute Gasteiger partial charge is 0.360 e. The Morgan fingerprint density at radius 2 is 1.97 bits per heavy atom. The van der Waals surface area contributed by atoms with Crippen molar-refractivity contribution in [2.75, 3.05) is 5.32 Å². The highest BCUT2D eigenvalue weighted by molar-refractivity contribution is 6.30. The van der Waals surface area contributed by atoms with Crippen LogP contribution in [0.4, 0.5) is 10.2 Å². The molecule has 1 atom stereocenters. The molecule has 7 nitrogen and oxygen atoms in total. The number of hydrogen-bond donors (Lipinski definition) is 2. The smallest absolute Gasteiger partial charge is 0.266 e. The van der Waals surface area contributed by atoms with E-state index in [0.29, 0.717) is 45.2 Å². The standard InChI is InChI=1S/C23H18ClFN6O/c1-2-17(30-22-20-21(27-11-26-20)28-12-29-22)18-10-13-4-3-5-16(25)19(13)23(32)31(18)15-8-6-14(24)7-9-15/h3-12,17H,2H2,1H3,(H2,26,27,28,29,30). The lowest BCUT2D eigenvalue weighted by Crippen LogP contribution is -2.27. The third kappa shape index (κ3) is 3.38. The molecule has 0 aliphatic carbocycles. The molecule has 0 saturated heterocycles. The topological polar surface area (TPSA) is 88.5 Å². The van der Waals surface area contributed by atoms with Crippen LogP contribution in [0.5, 0.6) is 0 Å². The minimum atomic E-state index is -0.559. The van der Waals surface area contributed by atoms with Crippen LogP contribution < -0.4 is 10.9 Å². The number of hydrogen-bond acceptors (Lipinski definition) is 5. The zero-order chi connectivity index (χ0) is 22.2. The first-order valence-electron chi connectivity index (χ1n) is 10.1. The number of nitrogens with one attached hydrogen (secondary N) is 2. The second-order valence-electron chi connectivity index (χ2n) is 7.32. The SMILES string of the molecule is CCC(Nc1ncnc2[nH]cnc12)c1cc2cccc(F)c2c(=O)n1-c1ccc(Cl)cc1. The number of imidazole rings is 1. The van der Waals surface area contributed by atoms with E-state index in [1.54, 1.807) is 42.7 Å². The van der Waals surface area contributed by atoms with E-state index in [1.165, 1.54) is 17.0 Å².